The second-order valence-electron chi connectivity index (χ2n) is 4.56. The van der Waals surface area contributed by atoms with Crippen LogP contribution < -0.4 is 5.32 Å². The van der Waals surface area contributed by atoms with E-state index in [0.717, 1.165) is 18.2 Å². The lowest BCUT2D eigenvalue weighted by Gasteiger charge is -2.20. The van der Waals surface area contributed by atoms with E-state index in [4.69, 9.17) is 0 Å². The molecule has 0 aliphatic heterocycles. The fourth-order valence-electron chi connectivity index (χ4n) is 1.80. The third-order valence-corrected chi connectivity index (χ3v) is 3.17. The van der Waals surface area contributed by atoms with Crippen molar-refractivity contribution in [1.29, 1.82) is 0 Å². The van der Waals surface area contributed by atoms with Gasteiger partial charge in [0.05, 0.1) is 5.69 Å². The first kappa shape index (κ1) is 13.2. The maximum absolute atomic E-state index is 4.32. The summed E-state index contributed by atoms with van der Waals surface area (Å²) < 4.78 is 0. The molecular formula is C14H24N2. The molecule has 0 amide bonds. The first-order valence-electron chi connectivity index (χ1n) is 6.39. The van der Waals surface area contributed by atoms with Gasteiger partial charge in [-0.05, 0) is 30.9 Å². The van der Waals surface area contributed by atoms with E-state index >= 15 is 0 Å². The molecule has 2 nitrogen and oxygen atoms in total. The van der Waals surface area contributed by atoms with Crippen LogP contribution in [-0.2, 0) is 6.54 Å². The molecule has 2 unspecified atom stereocenters. The predicted molar refractivity (Wildman–Crippen MR) is 69.2 cm³/mol. The van der Waals surface area contributed by atoms with Gasteiger partial charge in [0.25, 0.3) is 0 Å². The van der Waals surface area contributed by atoms with Crippen LogP contribution in [0.4, 0.5) is 0 Å². The number of rotatable bonds is 7. The van der Waals surface area contributed by atoms with Crippen molar-refractivity contribution in [2.24, 2.45) is 5.92 Å². The summed E-state index contributed by atoms with van der Waals surface area (Å²) in [5.74, 6) is 0.807. The fraction of sp³-hybridized carbons (Fsp3) is 0.643. The second kappa shape index (κ2) is 7.39. The minimum atomic E-state index is 0.622. The molecule has 90 valence electrons. The summed E-state index contributed by atoms with van der Waals surface area (Å²) in [4.78, 5) is 4.32. The molecule has 0 bridgehead atoms. The predicted octanol–water partition coefficient (Wildman–Crippen LogP) is 3.39. The summed E-state index contributed by atoms with van der Waals surface area (Å²) in [5, 5.41) is 3.59. The van der Waals surface area contributed by atoms with Crippen molar-refractivity contribution >= 4 is 0 Å². The van der Waals surface area contributed by atoms with E-state index in [-0.39, 0.29) is 0 Å². The number of hydrogen-bond acceptors (Lipinski definition) is 2. The van der Waals surface area contributed by atoms with Crippen LogP contribution in [0.5, 0.6) is 0 Å². The van der Waals surface area contributed by atoms with E-state index < -0.39 is 0 Å². The lowest BCUT2D eigenvalue weighted by Crippen LogP contribution is -2.29. The van der Waals surface area contributed by atoms with Crippen molar-refractivity contribution in [2.45, 2.75) is 52.6 Å². The maximum Gasteiger partial charge on any atom is 0.0541 e. The molecule has 1 N–H and O–H groups in total. The van der Waals surface area contributed by atoms with Crippen molar-refractivity contribution in [2.75, 3.05) is 0 Å². The molecule has 0 aliphatic carbocycles. The summed E-state index contributed by atoms with van der Waals surface area (Å²) in [6, 6.07) is 6.69. The molecule has 2 heteroatoms. The monoisotopic (exact) mass is 220 g/mol. The first-order valence-corrected chi connectivity index (χ1v) is 6.39. The molecule has 1 heterocycles. The van der Waals surface area contributed by atoms with Crippen LogP contribution in [0, 0.1) is 5.92 Å². The summed E-state index contributed by atoms with van der Waals surface area (Å²) in [6.07, 6.45) is 5.57. The van der Waals surface area contributed by atoms with E-state index in [1.807, 2.05) is 18.3 Å². The molecular weight excluding hydrogens is 196 g/mol. The summed E-state index contributed by atoms with van der Waals surface area (Å²) in [5.41, 5.74) is 1.13. The zero-order chi connectivity index (χ0) is 11.8. The van der Waals surface area contributed by atoms with E-state index in [1.165, 1.54) is 19.3 Å². The van der Waals surface area contributed by atoms with Gasteiger partial charge >= 0.3 is 0 Å². The van der Waals surface area contributed by atoms with E-state index in [0.29, 0.717) is 6.04 Å². The Bertz CT molecular complexity index is 271. The fourth-order valence-corrected chi connectivity index (χ4v) is 1.80. The van der Waals surface area contributed by atoms with Crippen LogP contribution >= 0.6 is 0 Å². The average molecular weight is 220 g/mol. The summed E-state index contributed by atoms with van der Waals surface area (Å²) in [6.45, 7) is 7.72. The Morgan fingerprint density at radius 3 is 2.62 bits per heavy atom. The lowest BCUT2D eigenvalue weighted by atomic mass is 9.98. The Hall–Kier alpha value is -0.890. The Labute approximate surface area is 99.5 Å². The van der Waals surface area contributed by atoms with Crippen LogP contribution in [-0.4, -0.2) is 11.0 Å². The van der Waals surface area contributed by atoms with Crippen molar-refractivity contribution < 1.29 is 0 Å². The molecule has 1 aromatic rings. The normalized spacial score (nSPS) is 14.7. The van der Waals surface area contributed by atoms with Crippen molar-refractivity contribution in [3.05, 3.63) is 30.1 Å². The number of nitrogens with zero attached hydrogens (tertiary/aromatic N) is 1. The lowest BCUT2D eigenvalue weighted by molar-refractivity contribution is 0.382. The molecule has 0 aliphatic rings. The quantitative estimate of drug-likeness (QED) is 0.762. The molecule has 16 heavy (non-hydrogen) atoms. The Morgan fingerprint density at radius 2 is 2.06 bits per heavy atom. The zero-order valence-corrected chi connectivity index (χ0v) is 10.7. The Balaban J connectivity index is 2.34. The van der Waals surface area contributed by atoms with Crippen LogP contribution in [0.1, 0.15) is 45.7 Å². The Kier molecular flexibility index (Phi) is 6.09. The van der Waals surface area contributed by atoms with E-state index in [9.17, 15) is 0 Å². The zero-order valence-electron chi connectivity index (χ0n) is 10.7. The molecule has 0 radical (unpaired) electrons. The smallest absolute Gasteiger partial charge is 0.0541 e. The second-order valence-corrected chi connectivity index (χ2v) is 4.56. The number of aromatic nitrogens is 1. The van der Waals surface area contributed by atoms with Crippen LogP contribution in [0.15, 0.2) is 24.4 Å². The van der Waals surface area contributed by atoms with Crippen molar-refractivity contribution in [1.82, 2.24) is 10.3 Å². The van der Waals surface area contributed by atoms with Gasteiger partial charge < -0.3 is 5.32 Å². The van der Waals surface area contributed by atoms with Gasteiger partial charge in [0.1, 0.15) is 0 Å². The summed E-state index contributed by atoms with van der Waals surface area (Å²) in [7, 11) is 0. The van der Waals surface area contributed by atoms with E-state index in [2.05, 4.69) is 37.1 Å². The van der Waals surface area contributed by atoms with Gasteiger partial charge in [-0.15, -0.1) is 0 Å². The molecule has 0 fully saturated rings. The molecule has 0 saturated carbocycles. The van der Waals surface area contributed by atoms with Gasteiger partial charge in [-0.3, -0.25) is 4.98 Å². The van der Waals surface area contributed by atoms with Gasteiger partial charge in [0, 0.05) is 18.8 Å². The maximum atomic E-state index is 4.32. The Morgan fingerprint density at radius 1 is 1.25 bits per heavy atom. The minimum absolute atomic E-state index is 0.622. The van der Waals surface area contributed by atoms with Crippen molar-refractivity contribution in [3.63, 3.8) is 0 Å². The van der Waals surface area contributed by atoms with Gasteiger partial charge in [0.2, 0.25) is 0 Å². The van der Waals surface area contributed by atoms with Gasteiger partial charge in [-0.1, -0.05) is 33.3 Å². The number of hydrogen-bond donors (Lipinski definition) is 1. The summed E-state index contributed by atoms with van der Waals surface area (Å²) >= 11 is 0. The third-order valence-electron chi connectivity index (χ3n) is 3.17. The van der Waals surface area contributed by atoms with Crippen LogP contribution in [0.3, 0.4) is 0 Å². The molecule has 1 aromatic heterocycles. The van der Waals surface area contributed by atoms with Gasteiger partial charge in [-0.25, -0.2) is 0 Å². The van der Waals surface area contributed by atoms with Crippen molar-refractivity contribution in [3.8, 4) is 0 Å². The number of nitrogens with one attached hydrogen (secondary N) is 1. The third kappa shape index (κ3) is 4.75. The largest absolute Gasteiger partial charge is 0.308 e. The average Bonchev–Trinajstić information content (AvgIpc) is 2.35. The van der Waals surface area contributed by atoms with Crippen LogP contribution in [0.2, 0.25) is 0 Å². The molecule has 0 saturated heterocycles. The standard InChI is InChI=1S/C14H24N2/c1-4-12(3)10-13(5-2)16-11-14-8-6-7-9-15-14/h6-9,12-13,16H,4-5,10-11H2,1-3H3. The first-order chi connectivity index (χ1) is 7.76. The molecule has 0 spiro atoms. The SMILES string of the molecule is CCC(C)CC(CC)NCc1ccccn1. The highest BCUT2D eigenvalue weighted by atomic mass is 14.9. The van der Waals surface area contributed by atoms with E-state index in [1.54, 1.807) is 0 Å². The van der Waals surface area contributed by atoms with Crippen LogP contribution in [0.25, 0.3) is 0 Å². The number of pyridine rings is 1. The highest BCUT2D eigenvalue weighted by molar-refractivity contribution is 5.03. The molecule has 0 aromatic carbocycles. The van der Waals surface area contributed by atoms with Gasteiger partial charge in [0.15, 0.2) is 0 Å². The molecule has 2 atom stereocenters. The highest BCUT2D eigenvalue weighted by Gasteiger charge is 2.09. The highest BCUT2D eigenvalue weighted by Crippen LogP contribution is 2.12. The molecule has 1 rings (SSSR count). The topological polar surface area (TPSA) is 24.9 Å². The minimum Gasteiger partial charge on any atom is -0.308 e. The van der Waals surface area contributed by atoms with Gasteiger partial charge in [-0.2, -0.15) is 0 Å².